The van der Waals surface area contributed by atoms with Crippen LogP contribution in [0.5, 0.6) is 17.2 Å². The number of carbonyl (C=O) groups is 1. The molecule has 4 nitrogen and oxygen atoms in total. The molecule has 0 heterocycles. The standard InChI is InChI=1S/C35H50O4/c1-3-5-7-8-9-11-27-37-32-21-19-31(20-22-32)35(36)39-34-25-23-33(24-26-34)38-28-12-14-30-17-15-29(16-18-30)13-10-6-4-2/h12,14,19-26,29-30H,3-11,13,15-18,27-28H2,1-2H3/b14-12+/t29-,30-. The number of esters is 1. The third-order valence-electron chi connectivity index (χ3n) is 7.75. The SMILES string of the molecule is CCCCCCCCOc1ccc(C(=O)Oc2ccc(OC/C=C/[C@H]3CC[C@H](CCCCC)CC3)cc2)cc1. The highest BCUT2D eigenvalue weighted by atomic mass is 16.5. The number of hydrogen-bond donors (Lipinski definition) is 0. The lowest BCUT2D eigenvalue weighted by atomic mass is 9.79. The van der Waals surface area contributed by atoms with Gasteiger partial charge in [-0.1, -0.05) is 83.8 Å². The van der Waals surface area contributed by atoms with Gasteiger partial charge >= 0.3 is 5.97 Å². The van der Waals surface area contributed by atoms with Crippen LogP contribution in [0.2, 0.25) is 0 Å². The number of hydrogen-bond acceptors (Lipinski definition) is 4. The van der Waals surface area contributed by atoms with Gasteiger partial charge in [-0.2, -0.15) is 0 Å². The summed E-state index contributed by atoms with van der Waals surface area (Å²) in [5.74, 6) is 3.31. The van der Waals surface area contributed by atoms with E-state index < -0.39 is 0 Å². The first-order valence-corrected chi connectivity index (χ1v) is 15.5. The maximum absolute atomic E-state index is 12.5. The Kier molecular flexibility index (Phi) is 14.6. The van der Waals surface area contributed by atoms with Gasteiger partial charge < -0.3 is 14.2 Å². The maximum Gasteiger partial charge on any atom is 0.343 e. The molecule has 0 amide bonds. The molecular formula is C35H50O4. The summed E-state index contributed by atoms with van der Waals surface area (Å²) in [6, 6.07) is 14.4. The van der Waals surface area contributed by atoms with Crippen molar-refractivity contribution < 1.29 is 19.0 Å². The summed E-state index contributed by atoms with van der Waals surface area (Å²) in [6.07, 6.45) is 22.8. The van der Waals surface area contributed by atoms with Crippen molar-refractivity contribution in [2.45, 2.75) is 104 Å². The van der Waals surface area contributed by atoms with Crippen LogP contribution in [0.1, 0.15) is 114 Å². The predicted molar refractivity (Wildman–Crippen MR) is 161 cm³/mol. The highest BCUT2D eigenvalue weighted by Gasteiger charge is 2.18. The van der Waals surface area contributed by atoms with E-state index in [1.54, 1.807) is 24.3 Å². The van der Waals surface area contributed by atoms with Crippen molar-refractivity contribution in [3.8, 4) is 17.2 Å². The molecule has 39 heavy (non-hydrogen) atoms. The Morgan fingerprint density at radius 1 is 0.718 bits per heavy atom. The quantitative estimate of drug-likeness (QED) is 0.0826. The fourth-order valence-electron chi connectivity index (χ4n) is 5.27. The third-order valence-corrected chi connectivity index (χ3v) is 7.75. The third kappa shape index (κ3) is 12.3. The van der Waals surface area contributed by atoms with Crippen molar-refractivity contribution in [3.63, 3.8) is 0 Å². The Labute approximate surface area is 237 Å². The largest absolute Gasteiger partial charge is 0.494 e. The van der Waals surface area contributed by atoms with Gasteiger partial charge in [0, 0.05) is 0 Å². The minimum atomic E-state index is -0.380. The van der Waals surface area contributed by atoms with E-state index in [4.69, 9.17) is 14.2 Å². The monoisotopic (exact) mass is 534 g/mol. The average molecular weight is 535 g/mol. The summed E-state index contributed by atoms with van der Waals surface area (Å²) in [7, 11) is 0. The molecule has 2 aromatic rings. The maximum atomic E-state index is 12.5. The molecule has 4 heteroatoms. The molecule has 0 bridgehead atoms. The molecule has 0 aromatic heterocycles. The van der Waals surface area contributed by atoms with E-state index in [1.165, 1.54) is 83.5 Å². The van der Waals surface area contributed by atoms with Crippen LogP contribution in [-0.4, -0.2) is 19.2 Å². The van der Waals surface area contributed by atoms with Gasteiger partial charge in [-0.3, -0.25) is 0 Å². The lowest BCUT2D eigenvalue weighted by Gasteiger charge is -2.26. The van der Waals surface area contributed by atoms with Crippen LogP contribution in [-0.2, 0) is 0 Å². The second-order valence-electron chi connectivity index (χ2n) is 11.0. The first kappa shape index (κ1) is 30.8. The lowest BCUT2D eigenvalue weighted by molar-refractivity contribution is 0.0734. The van der Waals surface area contributed by atoms with Crippen molar-refractivity contribution >= 4 is 5.97 Å². The van der Waals surface area contributed by atoms with Crippen LogP contribution in [0, 0.1) is 11.8 Å². The summed E-state index contributed by atoms with van der Waals surface area (Å²) in [5.41, 5.74) is 0.502. The Morgan fingerprint density at radius 2 is 1.31 bits per heavy atom. The molecule has 0 unspecified atom stereocenters. The van der Waals surface area contributed by atoms with Crippen molar-refractivity contribution in [3.05, 3.63) is 66.2 Å². The van der Waals surface area contributed by atoms with E-state index in [-0.39, 0.29) is 5.97 Å². The fraction of sp³-hybridized carbons (Fsp3) is 0.571. The Hall–Kier alpha value is -2.75. The van der Waals surface area contributed by atoms with Crippen molar-refractivity contribution in [2.75, 3.05) is 13.2 Å². The summed E-state index contributed by atoms with van der Waals surface area (Å²) in [5, 5.41) is 0. The van der Waals surface area contributed by atoms with Crippen LogP contribution in [0.15, 0.2) is 60.7 Å². The molecule has 1 aliphatic rings. The van der Waals surface area contributed by atoms with Gasteiger partial charge in [0.05, 0.1) is 12.2 Å². The van der Waals surface area contributed by atoms with E-state index in [1.807, 2.05) is 24.3 Å². The number of carbonyl (C=O) groups excluding carboxylic acids is 1. The van der Waals surface area contributed by atoms with Crippen LogP contribution in [0.4, 0.5) is 0 Å². The van der Waals surface area contributed by atoms with E-state index in [9.17, 15) is 4.79 Å². The molecule has 1 fully saturated rings. The second kappa shape index (κ2) is 18.5. The van der Waals surface area contributed by atoms with Crippen molar-refractivity contribution in [1.82, 2.24) is 0 Å². The summed E-state index contributed by atoms with van der Waals surface area (Å²) in [4.78, 5) is 12.5. The number of benzene rings is 2. The smallest absolute Gasteiger partial charge is 0.343 e. The second-order valence-corrected chi connectivity index (χ2v) is 11.0. The molecule has 0 radical (unpaired) electrons. The zero-order valence-electron chi connectivity index (χ0n) is 24.4. The Balaban J connectivity index is 1.31. The highest BCUT2D eigenvalue weighted by Crippen LogP contribution is 2.32. The normalized spacial score (nSPS) is 17.3. The van der Waals surface area contributed by atoms with Gasteiger partial charge in [0.1, 0.15) is 23.9 Å². The summed E-state index contributed by atoms with van der Waals surface area (Å²) < 4.78 is 17.2. The molecule has 0 atom stereocenters. The minimum Gasteiger partial charge on any atom is -0.494 e. The highest BCUT2D eigenvalue weighted by molar-refractivity contribution is 5.91. The van der Waals surface area contributed by atoms with Crippen LogP contribution in [0.25, 0.3) is 0 Å². The Bertz CT molecular complexity index is 940. The van der Waals surface area contributed by atoms with Gasteiger partial charge in [0.15, 0.2) is 0 Å². The number of allylic oxidation sites excluding steroid dienone is 1. The molecule has 1 saturated carbocycles. The topological polar surface area (TPSA) is 44.8 Å². The van der Waals surface area contributed by atoms with Gasteiger partial charge in [0.2, 0.25) is 0 Å². The molecule has 214 valence electrons. The molecule has 0 spiro atoms. The zero-order valence-corrected chi connectivity index (χ0v) is 24.4. The van der Waals surface area contributed by atoms with Crippen LogP contribution >= 0.6 is 0 Å². The van der Waals surface area contributed by atoms with Gasteiger partial charge in [-0.25, -0.2) is 4.79 Å². The summed E-state index contributed by atoms with van der Waals surface area (Å²) >= 11 is 0. The van der Waals surface area contributed by atoms with E-state index >= 15 is 0 Å². The summed E-state index contributed by atoms with van der Waals surface area (Å²) in [6.45, 7) is 5.78. The number of ether oxygens (including phenoxy) is 3. The van der Waals surface area contributed by atoms with E-state index in [0.29, 0.717) is 30.4 Å². The predicted octanol–water partition coefficient (Wildman–Crippen LogP) is 9.97. The number of unbranched alkanes of at least 4 members (excludes halogenated alkanes) is 7. The molecule has 0 aliphatic heterocycles. The van der Waals surface area contributed by atoms with Crippen LogP contribution in [0.3, 0.4) is 0 Å². The van der Waals surface area contributed by atoms with E-state index in [2.05, 4.69) is 26.0 Å². The van der Waals surface area contributed by atoms with E-state index in [0.717, 1.165) is 23.8 Å². The van der Waals surface area contributed by atoms with Crippen molar-refractivity contribution in [1.29, 1.82) is 0 Å². The molecule has 0 saturated heterocycles. The lowest BCUT2D eigenvalue weighted by Crippen LogP contribution is -2.13. The average Bonchev–Trinajstić information content (AvgIpc) is 2.97. The van der Waals surface area contributed by atoms with Gasteiger partial charge in [-0.05, 0) is 92.5 Å². The van der Waals surface area contributed by atoms with Gasteiger partial charge in [0.25, 0.3) is 0 Å². The van der Waals surface area contributed by atoms with Crippen LogP contribution < -0.4 is 14.2 Å². The first-order chi connectivity index (χ1) is 19.2. The molecule has 3 rings (SSSR count). The number of rotatable bonds is 18. The molecule has 1 aliphatic carbocycles. The fourth-order valence-corrected chi connectivity index (χ4v) is 5.27. The molecule has 0 N–H and O–H groups in total. The minimum absolute atomic E-state index is 0.380. The molecule has 2 aromatic carbocycles. The zero-order chi connectivity index (χ0) is 27.5. The Morgan fingerprint density at radius 3 is 2.03 bits per heavy atom. The van der Waals surface area contributed by atoms with Crippen molar-refractivity contribution in [2.24, 2.45) is 11.8 Å². The van der Waals surface area contributed by atoms with Gasteiger partial charge in [-0.15, -0.1) is 0 Å². The molecular weight excluding hydrogens is 484 g/mol. The first-order valence-electron chi connectivity index (χ1n) is 15.5.